The van der Waals surface area contributed by atoms with E-state index in [1.807, 2.05) is 17.8 Å². The minimum Gasteiger partial charge on any atom is -0.352 e. The summed E-state index contributed by atoms with van der Waals surface area (Å²) in [4.78, 5) is 16.9. The second-order valence-electron chi connectivity index (χ2n) is 6.32. The molecule has 1 amide bonds. The largest absolute Gasteiger partial charge is 0.352 e. The zero-order valence-electron chi connectivity index (χ0n) is 13.1. The van der Waals surface area contributed by atoms with Crippen LogP contribution >= 0.6 is 0 Å². The van der Waals surface area contributed by atoms with E-state index in [2.05, 4.69) is 10.3 Å². The summed E-state index contributed by atoms with van der Waals surface area (Å²) in [5.74, 6) is 0.562. The van der Waals surface area contributed by atoms with E-state index >= 15 is 0 Å². The van der Waals surface area contributed by atoms with Gasteiger partial charge in [0.15, 0.2) is 0 Å². The molecule has 0 aliphatic heterocycles. The number of nitrogens with zero attached hydrogens (tertiary/aromatic N) is 2. The van der Waals surface area contributed by atoms with Gasteiger partial charge >= 0.3 is 0 Å². The number of carbonyl (C=O) groups excluding carboxylic acids is 1. The van der Waals surface area contributed by atoms with E-state index in [-0.39, 0.29) is 5.91 Å². The summed E-state index contributed by atoms with van der Waals surface area (Å²) in [7, 11) is 7.92. The number of aryl methyl sites for hydroxylation is 1. The van der Waals surface area contributed by atoms with Gasteiger partial charge in [-0.05, 0) is 18.8 Å². The predicted molar refractivity (Wildman–Crippen MR) is 89.6 cm³/mol. The Morgan fingerprint density at radius 2 is 2.09 bits per heavy atom. The first-order valence-corrected chi connectivity index (χ1v) is 8.14. The lowest BCUT2D eigenvalue weighted by Gasteiger charge is -2.14. The monoisotopic (exact) mass is 295 g/mol. The standard InChI is InChI=1S/C17H22BN3O/c1-21-11-13(15-14(18)8-9-19-16(15)21)17(22)20-10-12-6-4-2-3-5-7-12/h8-9,11-12H,2-7,10H2,1H3,(H,20,22). The van der Waals surface area contributed by atoms with Crippen LogP contribution in [-0.2, 0) is 7.05 Å². The first-order valence-electron chi connectivity index (χ1n) is 8.14. The van der Waals surface area contributed by atoms with Crippen molar-refractivity contribution in [2.24, 2.45) is 13.0 Å². The SMILES string of the molecule is [B]c1ccnc2c1c(C(=O)NCC1CCCCCC1)cn2C. The van der Waals surface area contributed by atoms with Crippen LogP contribution < -0.4 is 10.8 Å². The number of carbonyl (C=O) groups is 1. The lowest BCUT2D eigenvalue weighted by molar-refractivity contribution is 0.0947. The van der Waals surface area contributed by atoms with Gasteiger partial charge in [-0.3, -0.25) is 4.79 Å². The number of hydrogen-bond acceptors (Lipinski definition) is 2. The van der Waals surface area contributed by atoms with Gasteiger partial charge in [0, 0.05) is 31.4 Å². The molecule has 0 unspecified atom stereocenters. The van der Waals surface area contributed by atoms with Gasteiger partial charge in [-0.25, -0.2) is 4.98 Å². The van der Waals surface area contributed by atoms with Crippen LogP contribution in [0.4, 0.5) is 0 Å². The molecule has 4 nitrogen and oxygen atoms in total. The average Bonchev–Trinajstić information content (AvgIpc) is 2.70. The Labute approximate surface area is 132 Å². The second kappa shape index (κ2) is 6.55. The molecule has 2 radical (unpaired) electrons. The third-order valence-electron chi connectivity index (χ3n) is 4.66. The van der Waals surface area contributed by atoms with Crippen LogP contribution in [0.2, 0.25) is 0 Å². The summed E-state index contributed by atoms with van der Waals surface area (Å²) in [6, 6.07) is 1.74. The van der Waals surface area contributed by atoms with Crippen LogP contribution in [0.15, 0.2) is 18.5 Å². The van der Waals surface area contributed by atoms with Crippen molar-refractivity contribution in [3.05, 3.63) is 24.0 Å². The van der Waals surface area contributed by atoms with Crippen molar-refractivity contribution in [3.8, 4) is 0 Å². The molecule has 0 atom stereocenters. The molecule has 0 saturated heterocycles. The number of amides is 1. The van der Waals surface area contributed by atoms with Crippen molar-refractivity contribution in [1.82, 2.24) is 14.9 Å². The Bertz CT molecular complexity index is 672. The molecule has 0 spiro atoms. The smallest absolute Gasteiger partial charge is 0.253 e. The molecule has 0 bridgehead atoms. The topological polar surface area (TPSA) is 46.9 Å². The molecular weight excluding hydrogens is 273 g/mol. The number of pyridine rings is 1. The van der Waals surface area contributed by atoms with E-state index < -0.39 is 0 Å². The maximum Gasteiger partial charge on any atom is 0.253 e. The zero-order chi connectivity index (χ0) is 15.5. The van der Waals surface area contributed by atoms with Crippen molar-refractivity contribution in [3.63, 3.8) is 0 Å². The molecule has 22 heavy (non-hydrogen) atoms. The molecule has 1 N–H and O–H groups in total. The number of hydrogen-bond donors (Lipinski definition) is 1. The van der Waals surface area contributed by atoms with Crippen molar-refractivity contribution in [1.29, 1.82) is 0 Å². The Hall–Kier alpha value is -1.78. The first kappa shape index (κ1) is 15.1. The predicted octanol–water partition coefficient (Wildman–Crippen LogP) is 2.07. The third kappa shape index (κ3) is 3.03. The van der Waals surface area contributed by atoms with E-state index in [9.17, 15) is 4.79 Å². The summed E-state index contributed by atoms with van der Waals surface area (Å²) >= 11 is 0. The average molecular weight is 295 g/mol. The molecule has 5 heteroatoms. The maximum absolute atomic E-state index is 12.5. The fourth-order valence-corrected chi connectivity index (χ4v) is 3.40. The van der Waals surface area contributed by atoms with Crippen molar-refractivity contribution < 1.29 is 4.79 Å². The summed E-state index contributed by atoms with van der Waals surface area (Å²) in [6.45, 7) is 0.759. The van der Waals surface area contributed by atoms with Crippen LogP contribution in [0.5, 0.6) is 0 Å². The highest BCUT2D eigenvalue weighted by Gasteiger charge is 2.18. The van der Waals surface area contributed by atoms with Crippen molar-refractivity contribution in [2.75, 3.05) is 6.54 Å². The number of nitrogens with one attached hydrogen (secondary N) is 1. The van der Waals surface area contributed by atoms with Crippen LogP contribution in [0.1, 0.15) is 48.9 Å². The van der Waals surface area contributed by atoms with Crippen molar-refractivity contribution >= 4 is 30.2 Å². The van der Waals surface area contributed by atoms with Crippen molar-refractivity contribution in [2.45, 2.75) is 38.5 Å². The molecule has 1 aliphatic carbocycles. The fourth-order valence-electron chi connectivity index (χ4n) is 3.40. The molecule has 1 fully saturated rings. The highest BCUT2D eigenvalue weighted by molar-refractivity contribution is 6.40. The fraction of sp³-hybridized carbons (Fsp3) is 0.529. The van der Waals surface area contributed by atoms with Gasteiger partial charge in [0.05, 0.1) is 5.56 Å². The molecular formula is C17H22BN3O. The quantitative estimate of drug-likeness (QED) is 0.696. The molecule has 1 saturated carbocycles. The lowest BCUT2D eigenvalue weighted by atomic mass is 9.92. The Balaban J connectivity index is 1.75. The van der Waals surface area contributed by atoms with E-state index in [1.165, 1.54) is 38.5 Å². The number of rotatable bonds is 3. The van der Waals surface area contributed by atoms with E-state index in [4.69, 9.17) is 7.85 Å². The van der Waals surface area contributed by atoms with Gasteiger partial charge in [-0.15, -0.1) is 0 Å². The van der Waals surface area contributed by atoms with E-state index in [1.54, 1.807) is 12.3 Å². The molecule has 2 aromatic heterocycles. The van der Waals surface area contributed by atoms with E-state index in [0.717, 1.165) is 17.6 Å². The number of aromatic nitrogens is 2. The van der Waals surface area contributed by atoms with Gasteiger partial charge < -0.3 is 9.88 Å². The Kier molecular flexibility index (Phi) is 4.51. The highest BCUT2D eigenvalue weighted by Crippen LogP contribution is 2.22. The lowest BCUT2D eigenvalue weighted by Crippen LogP contribution is -2.29. The molecule has 3 rings (SSSR count). The van der Waals surface area contributed by atoms with Crippen LogP contribution in [0.25, 0.3) is 11.0 Å². The van der Waals surface area contributed by atoms with Gasteiger partial charge in [0.25, 0.3) is 5.91 Å². The number of fused-ring (bicyclic) bond motifs is 1. The molecule has 0 aromatic carbocycles. The molecule has 2 aromatic rings. The normalized spacial score (nSPS) is 16.6. The third-order valence-corrected chi connectivity index (χ3v) is 4.66. The Morgan fingerprint density at radius 1 is 1.36 bits per heavy atom. The zero-order valence-corrected chi connectivity index (χ0v) is 13.1. The summed E-state index contributed by atoms with van der Waals surface area (Å²) < 4.78 is 1.85. The summed E-state index contributed by atoms with van der Waals surface area (Å²) in [6.07, 6.45) is 11.2. The van der Waals surface area contributed by atoms with Gasteiger partial charge in [0.1, 0.15) is 13.5 Å². The highest BCUT2D eigenvalue weighted by atomic mass is 16.1. The van der Waals surface area contributed by atoms with Crippen LogP contribution in [0.3, 0.4) is 0 Å². The van der Waals surface area contributed by atoms with Gasteiger partial charge in [-0.1, -0.05) is 37.2 Å². The minimum absolute atomic E-state index is 0.0467. The van der Waals surface area contributed by atoms with Crippen LogP contribution in [0, 0.1) is 5.92 Å². The minimum atomic E-state index is -0.0467. The van der Waals surface area contributed by atoms with E-state index in [0.29, 0.717) is 16.9 Å². The Morgan fingerprint density at radius 3 is 2.82 bits per heavy atom. The van der Waals surface area contributed by atoms with Crippen LogP contribution in [-0.4, -0.2) is 29.8 Å². The summed E-state index contributed by atoms with van der Waals surface area (Å²) in [5.41, 5.74) is 1.97. The summed E-state index contributed by atoms with van der Waals surface area (Å²) in [5, 5.41) is 3.85. The molecule has 2 heterocycles. The first-order chi connectivity index (χ1) is 10.7. The second-order valence-corrected chi connectivity index (χ2v) is 6.32. The molecule has 1 aliphatic rings. The van der Waals surface area contributed by atoms with Gasteiger partial charge in [-0.2, -0.15) is 0 Å². The molecule has 114 valence electrons. The maximum atomic E-state index is 12.5. The van der Waals surface area contributed by atoms with Gasteiger partial charge in [0.2, 0.25) is 0 Å².